The van der Waals surface area contributed by atoms with E-state index in [-0.39, 0.29) is 16.9 Å². The van der Waals surface area contributed by atoms with Crippen LogP contribution in [0.15, 0.2) is 17.0 Å². The zero-order valence-electron chi connectivity index (χ0n) is 11.6. The number of terminal acetylenes is 1. The number of carboxylic acids is 1. The lowest BCUT2D eigenvalue weighted by molar-refractivity contribution is 0.0696. The van der Waals surface area contributed by atoms with Crippen LogP contribution < -0.4 is 4.72 Å². The van der Waals surface area contributed by atoms with Crippen LogP contribution in [0.1, 0.15) is 34.8 Å². The van der Waals surface area contributed by atoms with E-state index in [1.807, 2.05) is 0 Å². The Morgan fingerprint density at radius 2 is 2.00 bits per heavy atom. The van der Waals surface area contributed by atoms with Gasteiger partial charge < -0.3 is 5.11 Å². The van der Waals surface area contributed by atoms with Gasteiger partial charge >= 0.3 is 5.97 Å². The summed E-state index contributed by atoms with van der Waals surface area (Å²) in [4.78, 5) is 11.1. The maximum absolute atomic E-state index is 12.3. The van der Waals surface area contributed by atoms with Crippen molar-refractivity contribution in [3.8, 4) is 12.3 Å². The molecule has 0 aliphatic heterocycles. The molecule has 0 bridgehead atoms. The molecule has 1 aromatic carbocycles. The van der Waals surface area contributed by atoms with Crippen LogP contribution in [0.4, 0.5) is 0 Å². The van der Waals surface area contributed by atoms with Gasteiger partial charge in [-0.2, -0.15) is 0 Å². The van der Waals surface area contributed by atoms with Gasteiger partial charge in [-0.3, -0.25) is 0 Å². The summed E-state index contributed by atoms with van der Waals surface area (Å²) in [6.45, 7) is 4.90. The topological polar surface area (TPSA) is 83.5 Å². The van der Waals surface area contributed by atoms with Crippen LogP contribution in [-0.4, -0.2) is 25.5 Å². The molecule has 1 unspecified atom stereocenters. The SMILES string of the molecule is C#CCC(C)NS(=O)(=O)c1cc(C(=O)O)c(C)cc1C. The van der Waals surface area contributed by atoms with Gasteiger partial charge in [0.05, 0.1) is 10.5 Å². The van der Waals surface area contributed by atoms with Crippen molar-refractivity contribution >= 4 is 16.0 Å². The van der Waals surface area contributed by atoms with Crippen molar-refractivity contribution in [3.05, 3.63) is 28.8 Å². The van der Waals surface area contributed by atoms with Crippen molar-refractivity contribution in [2.45, 2.75) is 38.1 Å². The molecule has 0 radical (unpaired) electrons. The third kappa shape index (κ3) is 3.59. The third-order valence-electron chi connectivity index (χ3n) is 2.82. The number of rotatable bonds is 5. The molecule has 0 aliphatic carbocycles. The maximum Gasteiger partial charge on any atom is 0.335 e. The second-order valence-electron chi connectivity index (χ2n) is 4.67. The Morgan fingerprint density at radius 1 is 1.40 bits per heavy atom. The molecule has 108 valence electrons. The average Bonchev–Trinajstić information content (AvgIpc) is 2.27. The highest BCUT2D eigenvalue weighted by Crippen LogP contribution is 2.21. The zero-order chi connectivity index (χ0) is 15.5. The van der Waals surface area contributed by atoms with Crippen LogP contribution in [0.3, 0.4) is 0 Å². The molecule has 0 aliphatic rings. The van der Waals surface area contributed by atoms with Gasteiger partial charge in [0.15, 0.2) is 0 Å². The van der Waals surface area contributed by atoms with Crippen molar-refractivity contribution in [3.63, 3.8) is 0 Å². The highest BCUT2D eigenvalue weighted by atomic mass is 32.2. The van der Waals surface area contributed by atoms with Gasteiger partial charge in [0.2, 0.25) is 10.0 Å². The van der Waals surface area contributed by atoms with Gasteiger partial charge in [-0.15, -0.1) is 12.3 Å². The molecule has 1 atom stereocenters. The lowest BCUT2D eigenvalue weighted by Gasteiger charge is -2.15. The minimum absolute atomic E-state index is 0.0272. The molecule has 1 rings (SSSR count). The minimum atomic E-state index is -3.79. The van der Waals surface area contributed by atoms with Crippen LogP contribution in [0.5, 0.6) is 0 Å². The highest BCUT2D eigenvalue weighted by molar-refractivity contribution is 7.89. The summed E-state index contributed by atoms with van der Waals surface area (Å²) in [6.07, 6.45) is 5.40. The fourth-order valence-corrected chi connectivity index (χ4v) is 3.39. The molecule has 20 heavy (non-hydrogen) atoms. The summed E-state index contributed by atoms with van der Waals surface area (Å²) in [5, 5.41) is 9.07. The van der Waals surface area contributed by atoms with E-state index >= 15 is 0 Å². The largest absolute Gasteiger partial charge is 0.478 e. The van der Waals surface area contributed by atoms with Gasteiger partial charge in [0, 0.05) is 12.5 Å². The van der Waals surface area contributed by atoms with E-state index < -0.39 is 22.0 Å². The number of hydrogen-bond acceptors (Lipinski definition) is 3. The van der Waals surface area contributed by atoms with Crippen LogP contribution >= 0.6 is 0 Å². The van der Waals surface area contributed by atoms with Crippen molar-refractivity contribution in [2.75, 3.05) is 0 Å². The predicted molar refractivity (Wildman–Crippen MR) is 76.1 cm³/mol. The highest BCUT2D eigenvalue weighted by Gasteiger charge is 2.22. The summed E-state index contributed by atoms with van der Waals surface area (Å²) in [5.74, 6) is 1.22. The van der Waals surface area contributed by atoms with Crippen molar-refractivity contribution < 1.29 is 18.3 Å². The Morgan fingerprint density at radius 3 is 2.50 bits per heavy atom. The van der Waals surface area contributed by atoms with Crippen molar-refractivity contribution in [2.24, 2.45) is 0 Å². The number of aryl methyl sites for hydroxylation is 2. The summed E-state index contributed by atoms with van der Waals surface area (Å²) in [5.41, 5.74) is 0.985. The van der Waals surface area contributed by atoms with Crippen LogP contribution in [0.25, 0.3) is 0 Å². The monoisotopic (exact) mass is 295 g/mol. The second-order valence-corrected chi connectivity index (χ2v) is 6.35. The van der Waals surface area contributed by atoms with Gasteiger partial charge in [-0.1, -0.05) is 6.07 Å². The number of benzene rings is 1. The van der Waals surface area contributed by atoms with Crippen LogP contribution in [0, 0.1) is 26.2 Å². The van der Waals surface area contributed by atoms with E-state index in [1.165, 1.54) is 6.07 Å². The lowest BCUT2D eigenvalue weighted by Crippen LogP contribution is -2.32. The summed E-state index contributed by atoms with van der Waals surface area (Å²) in [7, 11) is -3.79. The van der Waals surface area contributed by atoms with E-state index in [4.69, 9.17) is 11.5 Å². The number of aromatic carboxylic acids is 1. The number of hydrogen-bond donors (Lipinski definition) is 2. The quantitative estimate of drug-likeness (QED) is 0.810. The van der Waals surface area contributed by atoms with Gasteiger partial charge in [0.25, 0.3) is 0 Å². The number of carbonyl (C=O) groups is 1. The minimum Gasteiger partial charge on any atom is -0.478 e. The molecule has 6 heteroatoms. The summed E-state index contributed by atoms with van der Waals surface area (Å²) >= 11 is 0. The summed E-state index contributed by atoms with van der Waals surface area (Å²) in [6, 6.07) is 2.31. The Balaban J connectivity index is 3.29. The van der Waals surface area contributed by atoms with Gasteiger partial charge in [-0.05, 0) is 38.0 Å². The van der Waals surface area contributed by atoms with E-state index in [0.29, 0.717) is 11.1 Å². The molecule has 0 fully saturated rings. The molecule has 2 N–H and O–H groups in total. The molecule has 1 aromatic rings. The van der Waals surface area contributed by atoms with Gasteiger partial charge in [-0.25, -0.2) is 17.9 Å². The molecule has 5 nitrogen and oxygen atoms in total. The molecule has 0 spiro atoms. The standard InChI is InChI=1S/C14H17NO4S/c1-5-6-11(4)15-20(18,19)13-8-12(14(16)17)9(2)7-10(13)3/h1,7-8,11,15H,6H2,2-4H3,(H,16,17). The first-order valence-corrected chi connectivity index (χ1v) is 7.47. The van der Waals surface area contributed by atoms with Crippen molar-refractivity contribution in [1.82, 2.24) is 4.72 Å². The maximum atomic E-state index is 12.3. The Kier molecular flexibility index (Phi) is 4.93. The Hall–Kier alpha value is -1.84. The first kappa shape index (κ1) is 16.2. The Bertz CT molecular complexity index is 671. The molecule has 0 aromatic heterocycles. The van der Waals surface area contributed by atoms with Crippen LogP contribution in [0.2, 0.25) is 0 Å². The fourth-order valence-electron chi connectivity index (χ4n) is 1.90. The fraction of sp³-hybridized carbons (Fsp3) is 0.357. The third-order valence-corrected chi connectivity index (χ3v) is 4.55. The Labute approximate surface area is 119 Å². The first-order valence-electron chi connectivity index (χ1n) is 5.99. The summed E-state index contributed by atoms with van der Waals surface area (Å²) < 4.78 is 26.9. The first-order chi connectivity index (χ1) is 9.19. The molecule has 0 saturated heterocycles. The molecular weight excluding hydrogens is 278 g/mol. The normalized spacial score (nSPS) is 12.7. The average molecular weight is 295 g/mol. The van der Waals surface area contributed by atoms with E-state index in [0.717, 1.165) is 0 Å². The molecule has 0 saturated carbocycles. The van der Waals surface area contributed by atoms with Gasteiger partial charge in [0.1, 0.15) is 0 Å². The predicted octanol–water partition coefficient (Wildman–Crippen LogP) is 1.69. The number of sulfonamides is 1. The van der Waals surface area contributed by atoms with E-state index in [2.05, 4.69) is 10.6 Å². The zero-order valence-corrected chi connectivity index (χ0v) is 12.4. The van der Waals surface area contributed by atoms with Crippen molar-refractivity contribution in [1.29, 1.82) is 0 Å². The lowest BCUT2D eigenvalue weighted by atomic mass is 10.1. The second kappa shape index (κ2) is 6.07. The molecule has 0 amide bonds. The van der Waals surface area contributed by atoms with E-state index in [9.17, 15) is 13.2 Å². The smallest absolute Gasteiger partial charge is 0.335 e. The van der Waals surface area contributed by atoms with E-state index in [1.54, 1.807) is 26.8 Å². The number of nitrogens with one attached hydrogen (secondary N) is 1. The number of carboxylic acid groups (broad SMARTS) is 1. The molecule has 0 heterocycles. The van der Waals surface area contributed by atoms with Crippen LogP contribution in [-0.2, 0) is 10.0 Å². The molecular formula is C14H17NO4S.